The lowest BCUT2D eigenvalue weighted by Gasteiger charge is -2.21. The summed E-state index contributed by atoms with van der Waals surface area (Å²) in [5.41, 5.74) is 0. The van der Waals surface area contributed by atoms with Crippen LogP contribution in [0.2, 0.25) is 0 Å². The molecule has 0 aromatic heterocycles. The Labute approximate surface area is 80.6 Å². The number of hydrogen-bond donors (Lipinski definition) is 0. The van der Waals surface area contributed by atoms with Crippen LogP contribution in [0.15, 0.2) is 0 Å². The summed E-state index contributed by atoms with van der Waals surface area (Å²) in [4.78, 5) is 1.22. The van der Waals surface area contributed by atoms with E-state index in [1.54, 1.807) is 0 Å². The first-order valence-electron chi connectivity index (χ1n) is 3.83. The molecule has 0 saturated heterocycles. The molecular formula is C7H13ClF3NO. The summed E-state index contributed by atoms with van der Waals surface area (Å²) in [7, 11) is 1.45. The molecule has 0 aromatic carbocycles. The van der Waals surface area contributed by atoms with Gasteiger partial charge in [-0.25, -0.2) is 0 Å². The summed E-state index contributed by atoms with van der Waals surface area (Å²) >= 11 is 5.35. The van der Waals surface area contributed by atoms with Crippen molar-refractivity contribution < 1.29 is 17.9 Å². The minimum absolute atomic E-state index is 0.194. The lowest BCUT2D eigenvalue weighted by Crippen LogP contribution is -2.37. The molecule has 0 N–H and O–H groups in total. The third kappa shape index (κ3) is 8.33. The molecule has 0 spiro atoms. The summed E-state index contributed by atoms with van der Waals surface area (Å²) in [5.74, 6) is 0.194. The van der Waals surface area contributed by atoms with Gasteiger partial charge in [-0.05, 0) is 0 Å². The number of nitrogens with zero attached hydrogens (tertiary/aromatic N) is 1. The SMILES string of the molecule is COCCN(CCCl)CC(F)(F)F. The molecule has 0 aliphatic rings. The standard InChI is InChI=1S/C7H13ClF3NO/c1-13-5-4-12(3-2-8)6-7(9,10)11/h2-6H2,1H3. The van der Waals surface area contributed by atoms with Gasteiger partial charge in [-0.2, -0.15) is 13.2 Å². The number of hydrogen-bond acceptors (Lipinski definition) is 2. The molecule has 0 saturated carbocycles. The first-order valence-corrected chi connectivity index (χ1v) is 4.37. The van der Waals surface area contributed by atoms with E-state index < -0.39 is 12.7 Å². The topological polar surface area (TPSA) is 12.5 Å². The fourth-order valence-corrected chi connectivity index (χ4v) is 1.10. The second-order valence-electron chi connectivity index (χ2n) is 2.57. The molecule has 0 bridgehead atoms. The van der Waals surface area contributed by atoms with E-state index in [1.807, 2.05) is 0 Å². The lowest BCUT2D eigenvalue weighted by molar-refractivity contribution is -0.146. The van der Waals surface area contributed by atoms with Crippen LogP contribution in [0.3, 0.4) is 0 Å². The van der Waals surface area contributed by atoms with Gasteiger partial charge in [0, 0.05) is 26.1 Å². The van der Waals surface area contributed by atoms with Gasteiger partial charge in [-0.1, -0.05) is 0 Å². The van der Waals surface area contributed by atoms with Crippen molar-refractivity contribution in [3.63, 3.8) is 0 Å². The van der Waals surface area contributed by atoms with Crippen molar-refractivity contribution >= 4 is 11.6 Å². The molecular weight excluding hydrogens is 207 g/mol. The summed E-state index contributed by atoms with van der Waals surface area (Å²) in [6.07, 6.45) is -4.17. The molecule has 80 valence electrons. The van der Waals surface area contributed by atoms with Crippen LogP contribution in [0.25, 0.3) is 0 Å². The smallest absolute Gasteiger partial charge is 0.383 e. The minimum Gasteiger partial charge on any atom is -0.383 e. The van der Waals surface area contributed by atoms with Crippen molar-refractivity contribution in [3.8, 4) is 0 Å². The number of halogens is 4. The maximum atomic E-state index is 11.9. The zero-order valence-corrected chi connectivity index (χ0v) is 8.16. The molecule has 2 nitrogen and oxygen atoms in total. The summed E-state index contributed by atoms with van der Waals surface area (Å²) in [5, 5.41) is 0. The van der Waals surface area contributed by atoms with Gasteiger partial charge in [0.15, 0.2) is 0 Å². The molecule has 0 rings (SSSR count). The zero-order chi connectivity index (χ0) is 10.3. The Morgan fingerprint density at radius 2 is 1.92 bits per heavy atom. The predicted molar refractivity (Wildman–Crippen MR) is 45.1 cm³/mol. The van der Waals surface area contributed by atoms with E-state index in [4.69, 9.17) is 11.6 Å². The van der Waals surface area contributed by atoms with Crippen LogP contribution >= 0.6 is 11.6 Å². The van der Waals surface area contributed by atoms with E-state index in [-0.39, 0.29) is 25.6 Å². The lowest BCUT2D eigenvalue weighted by atomic mass is 10.4. The van der Waals surface area contributed by atoms with Gasteiger partial charge in [-0.3, -0.25) is 4.90 Å². The van der Waals surface area contributed by atoms with E-state index in [9.17, 15) is 13.2 Å². The Bertz CT molecular complexity index is 131. The van der Waals surface area contributed by atoms with Gasteiger partial charge in [0.25, 0.3) is 0 Å². The van der Waals surface area contributed by atoms with Crippen LogP contribution in [0.4, 0.5) is 13.2 Å². The van der Waals surface area contributed by atoms with Gasteiger partial charge in [0.1, 0.15) is 0 Å². The average molecular weight is 220 g/mol. The van der Waals surface area contributed by atoms with Crippen LogP contribution in [0.1, 0.15) is 0 Å². The molecule has 0 aromatic rings. The first-order chi connectivity index (χ1) is 5.99. The van der Waals surface area contributed by atoms with Gasteiger partial charge in [-0.15, -0.1) is 11.6 Å². The molecule has 0 atom stereocenters. The summed E-state index contributed by atoms with van der Waals surface area (Å²) < 4.78 is 40.5. The van der Waals surface area contributed by atoms with Gasteiger partial charge in [0.05, 0.1) is 13.2 Å². The third-order valence-corrected chi connectivity index (χ3v) is 1.58. The van der Waals surface area contributed by atoms with Crippen LogP contribution in [-0.2, 0) is 4.74 Å². The van der Waals surface area contributed by atoms with Crippen molar-refractivity contribution in [2.75, 3.05) is 39.2 Å². The van der Waals surface area contributed by atoms with Gasteiger partial charge >= 0.3 is 6.18 Å². The van der Waals surface area contributed by atoms with E-state index in [1.165, 1.54) is 12.0 Å². The molecule has 0 amide bonds. The molecule has 6 heteroatoms. The Hall–Kier alpha value is -0.0000000000000000555. The number of alkyl halides is 4. The Kier molecular flexibility index (Phi) is 6.45. The molecule has 0 fully saturated rings. The largest absolute Gasteiger partial charge is 0.401 e. The number of methoxy groups -OCH3 is 1. The summed E-state index contributed by atoms with van der Waals surface area (Å²) in [6.45, 7) is -0.163. The fourth-order valence-electron chi connectivity index (χ4n) is 0.863. The molecule has 0 unspecified atom stereocenters. The number of rotatable bonds is 6. The quantitative estimate of drug-likeness (QED) is 0.631. The van der Waals surface area contributed by atoms with Crippen LogP contribution in [0, 0.1) is 0 Å². The highest BCUT2D eigenvalue weighted by atomic mass is 35.5. The van der Waals surface area contributed by atoms with Crippen molar-refractivity contribution in [1.29, 1.82) is 0 Å². The second-order valence-corrected chi connectivity index (χ2v) is 2.95. The van der Waals surface area contributed by atoms with Crippen molar-refractivity contribution in [2.45, 2.75) is 6.18 Å². The van der Waals surface area contributed by atoms with Gasteiger partial charge < -0.3 is 4.74 Å². The van der Waals surface area contributed by atoms with Crippen LogP contribution in [0.5, 0.6) is 0 Å². The van der Waals surface area contributed by atoms with Gasteiger partial charge in [0.2, 0.25) is 0 Å². The fraction of sp³-hybridized carbons (Fsp3) is 1.00. The molecule has 0 heterocycles. The van der Waals surface area contributed by atoms with Crippen LogP contribution < -0.4 is 0 Å². The highest BCUT2D eigenvalue weighted by Gasteiger charge is 2.30. The average Bonchev–Trinajstić information content (AvgIpc) is 1.98. The third-order valence-electron chi connectivity index (χ3n) is 1.42. The van der Waals surface area contributed by atoms with E-state index in [0.29, 0.717) is 0 Å². The van der Waals surface area contributed by atoms with E-state index >= 15 is 0 Å². The molecule has 0 aliphatic carbocycles. The minimum atomic E-state index is -4.17. The first kappa shape index (κ1) is 13.0. The normalized spacial score (nSPS) is 12.5. The van der Waals surface area contributed by atoms with Crippen molar-refractivity contribution in [2.24, 2.45) is 0 Å². The second kappa shape index (κ2) is 6.45. The maximum absolute atomic E-state index is 11.9. The van der Waals surface area contributed by atoms with E-state index in [2.05, 4.69) is 4.74 Å². The van der Waals surface area contributed by atoms with Crippen molar-refractivity contribution in [1.82, 2.24) is 4.90 Å². The molecule has 0 aliphatic heterocycles. The molecule has 0 radical (unpaired) electrons. The number of ether oxygens (including phenoxy) is 1. The monoisotopic (exact) mass is 219 g/mol. The molecule has 13 heavy (non-hydrogen) atoms. The highest BCUT2D eigenvalue weighted by Crippen LogP contribution is 2.16. The Morgan fingerprint density at radius 1 is 1.31 bits per heavy atom. The zero-order valence-electron chi connectivity index (χ0n) is 7.40. The highest BCUT2D eigenvalue weighted by molar-refractivity contribution is 6.18. The van der Waals surface area contributed by atoms with Crippen LogP contribution in [-0.4, -0.2) is 50.3 Å². The summed E-state index contributed by atoms with van der Waals surface area (Å²) in [6, 6.07) is 0. The Balaban J connectivity index is 3.79. The predicted octanol–water partition coefficient (Wildman–Crippen LogP) is 1.74. The van der Waals surface area contributed by atoms with E-state index in [0.717, 1.165) is 0 Å². The van der Waals surface area contributed by atoms with Crippen molar-refractivity contribution in [3.05, 3.63) is 0 Å². The Morgan fingerprint density at radius 3 is 2.31 bits per heavy atom. The maximum Gasteiger partial charge on any atom is 0.401 e.